The molecule has 4 amide bonds. The van der Waals surface area contributed by atoms with Gasteiger partial charge >= 0.3 is 0 Å². The van der Waals surface area contributed by atoms with Crippen LogP contribution in [0.2, 0.25) is 0 Å². The molecule has 2 aromatic rings. The number of fused-ring (bicyclic) bond motifs is 5. The van der Waals surface area contributed by atoms with Crippen molar-refractivity contribution in [1.29, 1.82) is 0 Å². The minimum absolute atomic E-state index is 0.253. The zero-order chi connectivity index (χ0) is 22.3. The van der Waals surface area contributed by atoms with Crippen molar-refractivity contribution in [2.75, 3.05) is 14.1 Å². The highest BCUT2D eigenvalue weighted by molar-refractivity contribution is 6.10. The topological polar surface area (TPSA) is 81.2 Å². The molecule has 4 aliphatic heterocycles. The lowest BCUT2D eigenvalue weighted by atomic mass is 9.84. The number of rotatable bonds is 2. The molecule has 4 aliphatic rings. The summed E-state index contributed by atoms with van der Waals surface area (Å²) in [6.07, 6.45) is 0. The molecule has 6 rings (SSSR count). The highest BCUT2D eigenvalue weighted by Crippen LogP contribution is 2.58. The van der Waals surface area contributed by atoms with Crippen molar-refractivity contribution in [3.8, 4) is 0 Å². The van der Waals surface area contributed by atoms with Crippen LogP contribution in [-0.2, 0) is 19.2 Å². The summed E-state index contributed by atoms with van der Waals surface area (Å²) in [5, 5.41) is 3.75. The van der Waals surface area contributed by atoms with E-state index >= 15 is 0 Å². The smallest absolute Gasteiger partial charge is 0.248 e. The van der Waals surface area contributed by atoms with E-state index < -0.39 is 36.0 Å². The van der Waals surface area contributed by atoms with Gasteiger partial charge in [-0.15, -0.1) is 0 Å². The molecular formula is C24H22N4O4. The summed E-state index contributed by atoms with van der Waals surface area (Å²) in [7, 11) is 3.02. The van der Waals surface area contributed by atoms with Crippen molar-refractivity contribution in [1.82, 2.24) is 19.8 Å². The van der Waals surface area contributed by atoms with E-state index in [1.54, 1.807) is 0 Å². The standard InChI is InChI=1S/C24H22N4O4/c1-25-21(29)15-17(13-9-5-3-6-10-13)28-20-16(22(30)26(2)24(20)32)18(14-11-7-4-8-12-14)27(28)19(15)23(25)31/h3-12,15-20H,1-2H3/t15-,16-,17+,18+,19-,20+/m1/s1. The first kappa shape index (κ1) is 19.3. The normalized spacial score (nSPS) is 34.4. The second-order valence-corrected chi connectivity index (χ2v) is 8.88. The zero-order valence-corrected chi connectivity index (χ0v) is 17.7. The Morgan fingerprint density at radius 3 is 1.19 bits per heavy atom. The molecule has 0 N–H and O–H groups in total. The fraction of sp³-hybridized carbons (Fsp3) is 0.333. The van der Waals surface area contributed by atoms with Crippen molar-refractivity contribution >= 4 is 23.6 Å². The first-order chi connectivity index (χ1) is 15.4. The van der Waals surface area contributed by atoms with E-state index in [1.807, 2.05) is 70.7 Å². The zero-order valence-electron chi connectivity index (χ0n) is 17.7. The molecule has 0 saturated carbocycles. The number of hydrazine groups is 1. The minimum atomic E-state index is -0.751. The molecule has 0 aromatic heterocycles. The molecule has 0 bridgehead atoms. The van der Waals surface area contributed by atoms with E-state index in [1.165, 1.54) is 23.9 Å². The Morgan fingerprint density at radius 2 is 0.844 bits per heavy atom. The number of imide groups is 2. The molecule has 8 heteroatoms. The largest absolute Gasteiger partial charge is 0.284 e. The van der Waals surface area contributed by atoms with Gasteiger partial charge in [0.25, 0.3) is 0 Å². The van der Waals surface area contributed by atoms with Gasteiger partial charge in [0.15, 0.2) is 0 Å². The molecule has 0 unspecified atom stereocenters. The van der Waals surface area contributed by atoms with Gasteiger partial charge in [0.05, 0.1) is 23.9 Å². The maximum Gasteiger partial charge on any atom is 0.248 e. The Kier molecular flexibility index (Phi) is 3.97. The van der Waals surface area contributed by atoms with Crippen molar-refractivity contribution in [2.24, 2.45) is 11.8 Å². The first-order valence-corrected chi connectivity index (χ1v) is 10.7. The van der Waals surface area contributed by atoms with Gasteiger partial charge in [-0.2, -0.15) is 0 Å². The fourth-order valence-electron chi connectivity index (χ4n) is 6.08. The van der Waals surface area contributed by atoms with Crippen LogP contribution in [-0.4, -0.2) is 69.6 Å². The Balaban J connectivity index is 1.60. The van der Waals surface area contributed by atoms with E-state index in [0.717, 1.165) is 11.1 Å². The molecule has 0 aliphatic carbocycles. The maximum absolute atomic E-state index is 13.3. The predicted octanol–water partition coefficient (Wildman–Crippen LogP) is 0.982. The molecule has 4 fully saturated rings. The average Bonchev–Trinajstić information content (AvgIpc) is 3.46. The highest BCUT2D eigenvalue weighted by atomic mass is 16.2. The monoisotopic (exact) mass is 430 g/mol. The third kappa shape index (κ3) is 2.23. The summed E-state index contributed by atoms with van der Waals surface area (Å²) in [5.74, 6) is -2.38. The lowest BCUT2D eigenvalue weighted by Crippen LogP contribution is -2.49. The molecule has 6 atom stereocenters. The van der Waals surface area contributed by atoms with E-state index in [-0.39, 0.29) is 23.6 Å². The van der Waals surface area contributed by atoms with Crippen molar-refractivity contribution in [3.63, 3.8) is 0 Å². The van der Waals surface area contributed by atoms with Gasteiger partial charge < -0.3 is 0 Å². The van der Waals surface area contributed by atoms with Crippen LogP contribution in [0.4, 0.5) is 0 Å². The first-order valence-electron chi connectivity index (χ1n) is 10.7. The number of carbonyl (C=O) groups is 4. The summed E-state index contributed by atoms with van der Waals surface area (Å²) < 4.78 is 0. The van der Waals surface area contributed by atoms with Crippen molar-refractivity contribution in [2.45, 2.75) is 24.2 Å². The second-order valence-electron chi connectivity index (χ2n) is 8.88. The van der Waals surface area contributed by atoms with Crippen LogP contribution < -0.4 is 0 Å². The van der Waals surface area contributed by atoms with Crippen LogP contribution in [0.3, 0.4) is 0 Å². The summed E-state index contributed by atoms with van der Waals surface area (Å²) in [6.45, 7) is 0. The van der Waals surface area contributed by atoms with Crippen molar-refractivity contribution in [3.05, 3.63) is 71.8 Å². The van der Waals surface area contributed by atoms with E-state index in [0.29, 0.717) is 0 Å². The molecule has 4 heterocycles. The molecule has 32 heavy (non-hydrogen) atoms. The van der Waals surface area contributed by atoms with Crippen LogP contribution in [0.5, 0.6) is 0 Å². The van der Waals surface area contributed by atoms with E-state index in [4.69, 9.17) is 0 Å². The molecular weight excluding hydrogens is 408 g/mol. The van der Waals surface area contributed by atoms with Gasteiger partial charge in [0, 0.05) is 14.1 Å². The van der Waals surface area contributed by atoms with Gasteiger partial charge in [-0.05, 0) is 11.1 Å². The summed E-state index contributed by atoms with van der Waals surface area (Å²) >= 11 is 0. The van der Waals surface area contributed by atoms with Crippen LogP contribution >= 0.6 is 0 Å². The number of carbonyl (C=O) groups excluding carboxylic acids is 4. The lowest BCUT2D eigenvalue weighted by molar-refractivity contribution is -0.151. The average molecular weight is 430 g/mol. The van der Waals surface area contributed by atoms with Crippen molar-refractivity contribution < 1.29 is 19.2 Å². The Bertz CT molecular complexity index is 1060. The Morgan fingerprint density at radius 1 is 0.500 bits per heavy atom. The number of likely N-dealkylation sites (tertiary alicyclic amines) is 2. The quantitative estimate of drug-likeness (QED) is 0.661. The van der Waals surface area contributed by atoms with Gasteiger partial charge in [-0.3, -0.25) is 29.0 Å². The van der Waals surface area contributed by atoms with Crippen LogP contribution in [0.25, 0.3) is 0 Å². The molecule has 0 radical (unpaired) electrons. The minimum Gasteiger partial charge on any atom is -0.284 e. The Hall–Kier alpha value is -3.36. The second kappa shape index (κ2) is 6.57. The number of benzene rings is 2. The molecule has 8 nitrogen and oxygen atoms in total. The van der Waals surface area contributed by atoms with Gasteiger partial charge in [-0.25, -0.2) is 10.0 Å². The number of hydrogen-bond acceptors (Lipinski definition) is 6. The number of amides is 4. The molecule has 4 saturated heterocycles. The van der Waals surface area contributed by atoms with Crippen LogP contribution in [0.1, 0.15) is 23.2 Å². The predicted molar refractivity (Wildman–Crippen MR) is 112 cm³/mol. The molecule has 162 valence electrons. The third-order valence-electron chi connectivity index (χ3n) is 7.45. The maximum atomic E-state index is 13.3. The molecule has 0 spiro atoms. The summed E-state index contributed by atoms with van der Waals surface area (Å²) in [4.78, 5) is 55.5. The summed E-state index contributed by atoms with van der Waals surface area (Å²) in [5.41, 5.74) is 1.70. The molecule has 2 aromatic carbocycles. The van der Waals surface area contributed by atoms with E-state index in [2.05, 4.69) is 0 Å². The number of hydrogen-bond donors (Lipinski definition) is 0. The third-order valence-corrected chi connectivity index (χ3v) is 7.45. The highest BCUT2D eigenvalue weighted by Gasteiger charge is 2.72. The van der Waals surface area contributed by atoms with Gasteiger partial charge in [-0.1, -0.05) is 60.7 Å². The van der Waals surface area contributed by atoms with Gasteiger partial charge in [0.1, 0.15) is 12.1 Å². The van der Waals surface area contributed by atoms with Crippen LogP contribution in [0, 0.1) is 11.8 Å². The van der Waals surface area contributed by atoms with E-state index in [9.17, 15) is 19.2 Å². The number of likely N-dealkylation sites (N-methyl/N-ethyl adjacent to an activating group) is 2. The lowest BCUT2D eigenvalue weighted by Gasteiger charge is -2.35. The van der Waals surface area contributed by atoms with Crippen LogP contribution in [0.15, 0.2) is 60.7 Å². The number of nitrogens with zero attached hydrogens (tertiary/aromatic N) is 4. The summed E-state index contributed by atoms with van der Waals surface area (Å²) in [6, 6.07) is 16.4. The SMILES string of the molecule is CN1C(=O)[C@H]2[C@@H](C1=O)N1[C@@H](c3ccccc3)[C@H]3C(=O)N(C)C(=O)[C@@H]3N1[C@H]2c1ccccc1. The fourth-order valence-corrected chi connectivity index (χ4v) is 6.08. The van der Waals surface area contributed by atoms with Gasteiger partial charge in [0.2, 0.25) is 23.6 Å². The Labute approximate surface area is 185 Å².